The summed E-state index contributed by atoms with van der Waals surface area (Å²) in [7, 11) is 0. The smallest absolute Gasteiger partial charge is 0.220 e. The van der Waals surface area contributed by atoms with Crippen molar-refractivity contribution in [3.05, 3.63) is 21.3 Å². The number of carbonyl (C=O) groups excluding carboxylic acids is 2. The summed E-state index contributed by atoms with van der Waals surface area (Å²) in [5, 5.41) is 2.74. The molecule has 2 rings (SSSR count). The predicted octanol–water partition coefficient (Wildman–Crippen LogP) is 2.63. The zero-order chi connectivity index (χ0) is 15.3. The van der Waals surface area contributed by atoms with Crippen LogP contribution in [-0.2, 0) is 14.3 Å². The number of carbonyl (C=O) groups is 2. The van der Waals surface area contributed by atoms with Gasteiger partial charge in [0, 0.05) is 12.8 Å². The number of ketones is 1. The summed E-state index contributed by atoms with van der Waals surface area (Å²) >= 11 is 7.00. The molecule has 0 spiro atoms. The maximum absolute atomic E-state index is 11.9. The standard InChI is InChI=1S/C14H18ClNO4S/c1-14(19-7-2-8-20-14)9-16-13(18)6-3-10(17)11-4-5-12(15)21-11/h4-5H,2-3,6-9H2,1H3,(H,16,18). The van der Waals surface area contributed by atoms with Gasteiger partial charge in [0.25, 0.3) is 0 Å². The van der Waals surface area contributed by atoms with Crippen LogP contribution >= 0.6 is 22.9 Å². The molecular formula is C14H18ClNO4S. The van der Waals surface area contributed by atoms with E-state index in [1.54, 1.807) is 19.1 Å². The lowest BCUT2D eigenvalue weighted by atomic mass is 10.2. The van der Waals surface area contributed by atoms with Crippen LogP contribution in [-0.4, -0.2) is 37.2 Å². The number of thiophene rings is 1. The van der Waals surface area contributed by atoms with Crippen molar-refractivity contribution in [2.45, 2.75) is 32.0 Å². The number of Topliss-reactive ketones (excluding diaryl/α,β-unsaturated/α-hetero) is 1. The average molecular weight is 332 g/mol. The fraction of sp³-hybridized carbons (Fsp3) is 0.571. The van der Waals surface area contributed by atoms with Crippen LogP contribution < -0.4 is 5.32 Å². The summed E-state index contributed by atoms with van der Waals surface area (Å²) in [6.45, 7) is 3.34. The van der Waals surface area contributed by atoms with Gasteiger partial charge in [-0.1, -0.05) is 11.6 Å². The molecule has 0 aliphatic carbocycles. The Balaban J connectivity index is 1.71. The molecule has 0 unspecified atom stereocenters. The van der Waals surface area contributed by atoms with Crippen molar-refractivity contribution in [1.29, 1.82) is 0 Å². The Morgan fingerprint density at radius 2 is 2.05 bits per heavy atom. The normalized spacial score (nSPS) is 17.4. The topological polar surface area (TPSA) is 64.6 Å². The molecule has 0 aromatic carbocycles. The molecule has 1 saturated heterocycles. The van der Waals surface area contributed by atoms with Crippen molar-refractivity contribution in [2.24, 2.45) is 0 Å². The molecule has 2 heterocycles. The van der Waals surface area contributed by atoms with Gasteiger partial charge < -0.3 is 14.8 Å². The third-order valence-electron chi connectivity index (χ3n) is 3.14. The first kappa shape index (κ1) is 16.4. The monoisotopic (exact) mass is 331 g/mol. The summed E-state index contributed by atoms with van der Waals surface area (Å²) < 4.78 is 11.6. The van der Waals surface area contributed by atoms with Crippen molar-refractivity contribution < 1.29 is 19.1 Å². The van der Waals surface area contributed by atoms with Crippen LogP contribution in [0.2, 0.25) is 4.34 Å². The first-order chi connectivity index (χ1) is 9.98. The van der Waals surface area contributed by atoms with Gasteiger partial charge in [-0.3, -0.25) is 9.59 Å². The summed E-state index contributed by atoms with van der Waals surface area (Å²) in [5.74, 6) is -1.03. The molecule has 1 fully saturated rings. The van der Waals surface area contributed by atoms with Gasteiger partial charge in [-0.25, -0.2) is 0 Å². The van der Waals surface area contributed by atoms with Gasteiger partial charge in [-0.2, -0.15) is 0 Å². The van der Waals surface area contributed by atoms with Gasteiger partial charge >= 0.3 is 0 Å². The molecule has 1 aliphatic rings. The lowest BCUT2D eigenvalue weighted by molar-refractivity contribution is -0.251. The van der Waals surface area contributed by atoms with Crippen molar-refractivity contribution in [3.63, 3.8) is 0 Å². The average Bonchev–Trinajstić information content (AvgIpc) is 2.90. The van der Waals surface area contributed by atoms with Crippen molar-refractivity contribution >= 4 is 34.6 Å². The van der Waals surface area contributed by atoms with Crippen LogP contribution in [0.1, 0.15) is 35.9 Å². The number of amides is 1. The molecule has 0 radical (unpaired) electrons. The van der Waals surface area contributed by atoms with Crippen LogP contribution in [0, 0.1) is 0 Å². The van der Waals surface area contributed by atoms with E-state index in [0.29, 0.717) is 22.4 Å². The number of nitrogens with one attached hydrogen (secondary N) is 1. The van der Waals surface area contributed by atoms with Crippen molar-refractivity contribution in [3.8, 4) is 0 Å². The van der Waals surface area contributed by atoms with E-state index in [4.69, 9.17) is 21.1 Å². The van der Waals surface area contributed by atoms with Crippen LogP contribution in [0.15, 0.2) is 12.1 Å². The third kappa shape index (κ3) is 5.07. The predicted molar refractivity (Wildman–Crippen MR) is 80.8 cm³/mol. The highest BCUT2D eigenvalue weighted by molar-refractivity contribution is 7.18. The highest BCUT2D eigenvalue weighted by Crippen LogP contribution is 2.23. The van der Waals surface area contributed by atoms with E-state index < -0.39 is 5.79 Å². The number of halogens is 1. The largest absolute Gasteiger partial charge is 0.351 e. The van der Waals surface area contributed by atoms with E-state index in [2.05, 4.69) is 5.32 Å². The van der Waals surface area contributed by atoms with Gasteiger partial charge in [0.1, 0.15) is 0 Å². The zero-order valence-electron chi connectivity index (χ0n) is 11.8. The summed E-state index contributed by atoms with van der Waals surface area (Å²) in [6.07, 6.45) is 1.17. The number of hydrogen-bond acceptors (Lipinski definition) is 5. The number of hydrogen-bond donors (Lipinski definition) is 1. The number of ether oxygens (including phenoxy) is 2. The second kappa shape index (κ2) is 7.35. The molecule has 1 N–H and O–H groups in total. The SMILES string of the molecule is CC1(CNC(=O)CCC(=O)c2ccc(Cl)s2)OCCCO1. The molecule has 0 bridgehead atoms. The highest BCUT2D eigenvalue weighted by Gasteiger charge is 2.29. The minimum absolute atomic E-state index is 0.0709. The van der Waals surface area contributed by atoms with Crippen LogP contribution in [0.3, 0.4) is 0 Å². The molecular weight excluding hydrogens is 314 g/mol. The van der Waals surface area contributed by atoms with E-state index in [-0.39, 0.29) is 31.1 Å². The Hall–Kier alpha value is -0.950. The van der Waals surface area contributed by atoms with E-state index >= 15 is 0 Å². The molecule has 1 aromatic heterocycles. The van der Waals surface area contributed by atoms with Crippen LogP contribution in [0.4, 0.5) is 0 Å². The maximum Gasteiger partial charge on any atom is 0.220 e. The minimum atomic E-state index is -0.765. The highest BCUT2D eigenvalue weighted by atomic mass is 35.5. The lowest BCUT2D eigenvalue weighted by Crippen LogP contribution is -2.47. The molecule has 21 heavy (non-hydrogen) atoms. The van der Waals surface area contributed by atoms with Gasteiger partial charge in [0.2, 0.25) is 5.91 Å². The maximum atomic E-state index is 11.9. The second-order valence-electron chi connectivity index (χ2n) is 4.99. The van der Waals surface area contributed by atoms with Crippen LogP contribution in [0.5, 0.6) is 0 Å². The minimum Gasteiger partial charge on any atom is -0.351 e. The van der Waals surface area contributed by atoms with Crippen molar-refractivity contribution in [2.75, 3.05) is 19.8 Å². The Morgan fingerprint density at radius 1 is 1.33 bits per heavy atom. The summed E-state index contributed by atoms with van der Waals surface area (Å²) in [6, 6.07) is 3.36. The molecule has 116 valence electrons. The molecule has 1 aliphatic heterocycles. The molecule has 7 heteroatoms. The van der Waals surface area contributed by atoms with Gasteiger partial charge in [-0.05, 0) is 25.5 Å². The number of rotatable bonds is 6. The van der Waals surface area contributed by atoms with E-state index in [1.165, 1.54) is 11.3 Å². The van der Waals surface area contributed by atoms with E-state index in [0.717, 1.165) is 6.42 Å². The first-order valence-corrected chi connectivity index (χ1v) is 8.01. The van der Waals surface area contributed by atoms with Crippen LogP contribution in [0.25, 0.3) is 0 Å². The Bertz CT molecular complexity index is 511. The fourth-order valence-corrected chi connectivity index (χ4v) is 2.95. The van der Waals surface area contributed by atoms with E-state index in [9.17, 15) is 9.59 Å². The second-order valence-corrected chi connectivity index (χ2v) is 6.70. The first-order valence-electron chi connectivity index (χ1n) is 6.82. The summed E-state index contributed by atoms with van der Waals surface area (Å²) in [5.41, 5.74) is 0. The molecule has 5 nitrogen and oxygen atoms in total. The molecule has 1 amide bonds. The molecule has 0 atom stereocenters. The lowest BCUT2D eigenvalue weighted by Gasteiger charge is -2.33. The fourth-order valence-electron chi connectivity index (χ4n) is 1.94. The van der Waals surface area contributed by atoms with Gasteiger partial charge in [0.15, 0.2) is 11.6 Å². The Morgan fingerprint density at radius 3 is 2.67 bits per heavy atom. The third-order valence-corrected chi connectivity index (χ3v) is 4.41. The zero-order valence-corrected chi connectivity index (χ0v) is 13.4. The molecule has 1 aromatic rings. The Kier molecular flexibility index (Phi) is 5.75. The Labute approximate surface area is 132 Å². The van der Waals surface area contributed by atoms with E-state index in [1.807, 2.05) is 0 Å². The molecule has 0 saturated carbocycles. The van der Waals surface area contributed by atoms with Crippen molar-refractivity contribution in [1.82, 2.24) is 5.32 Å². The quantitative estimate of drug-likeness (QED) is 0.814. The van der Waals surface area contributed by atoms with Gasteiger partial charge in [-0.15, -0.1) is 11.3 Å². The van der Waals surface area contributed by atoms with Gasteiger partial charge in [0.05, 0.1) is 29.0 Å². The summed E-state index contributed by atoms with van der Waals surface area (Å²) in [4.78, 5) is 24.2.